The van der Waals surface area contributed by atoms with E-state index in [0.717, 1.165) is 53.4 Å². The first kappa shape index (κ1) is 40.4. The number of unbranched alkanes of at least 4 members (excludes halogenated alkanes) is 2. The van der Waals surface area contributed by atoms with Crippen molar-refractivity contribution in [3.05, 3.63) is 137 Å². The smallest absolute Gasteiger partial charge is 0.264 e. The summed E-state index contributed by atoms with van der Waals surface area (Å²) in [5, 5.41) is 3.77. The summed E-state index contributed by atoms with van der Waals surface area (Å²) < 4.78 is 68.5. The van der Waals surface area contributed by atoms with Gasteiger partial charge in [-0.25, -0.2) is 8.42 Å². The van der Waals surface area contributed by atoms with Crippen molar-refractivity contribution in [3.63, 3.8) is 0 Å². The number of allylic oxidation sites excluding steroid dienone is 7. The lowest BCUT2D eigenvalue weighted by atomic mass is 9.81. The van der Waals surface area contributed by atoms with Crippen molar-refractivity contribution in [2.45, 2.75) is 83.5 Å². The van der Waals surface area contributed by atoms with Gasteiger partial charge in [0.05, 0.1) is 21.3 Å². The lowest BCUT2D eigenvalue weighted by Gasteiger charge is -2.28. The monoisotopic (exact) mass is 783 g/mol. The highest BCUT2D eigenvalue weighted by atomic mass is 32.2. The fourth-order valence-electron chi connectivity index (χ4n) is 8.31. The number of hydrogen-bond acceptors (Lipinski definition) is 7. The molecule has 9 nitrogen and oxygen atoms in total. The third kappa shape index (κ3) is 9.40. The second-order valence-corrected chi connectivity index (χ2v) is 18.9. The van der Waals surface area contributed by atoms with E-state index in [1.54, 1.807) is 0 Å². The summed E-state index contributed by atoms with van der Waals surface area (Å²) in [5.74, 6) is -0.616. The van der Waals surface area contributed by atoms with E-state index in [-0.39, 0.29) is 22.3 Å². The van der Waals surface area contributed by atoms with Crippen LogP contribution in [0.4, 0.5) is 17.1 Å². The Bertz CT molecular complexity index is 2290. The molecule has 0 saturated carbocycles. The highest BCUT2D eigenvalue weighted by molar-refractivity contribution is 7.85. The molecular weight excluding hydrogens is 731 g/mol. The highest BCUT2D eigenvalue weighted by Crippen LogP contribution is 2.48. The lowest BCUT2D eigenvalue weighted by molar-refractivity contribution is -0.438. The van der Waals surface area contributed by atoms with Crippen LogP contribution in [0.5, 0.6) is 0 Å². The molecule has 0 spiro atoms. The molecule has 3 aromatic carbocycles. The van der Waals surface area contributed by atoms with Gasteiger partial charge in [0, 0.05) is 64.6 Å². The van der Waals surface area contributed by atoms with Gasteiger partial charge in [0.25, 0.3) is 10.1 Å². The van der Waals surface area contributed by atoms with E-state index >= 15 is 0 Å². The van der Waals surface area contributed by atoms with Gasteiger partial charge in [-0.05, 0) is 93.4 Å². The van der Waals surface area contributed by atoms with E-state index in [9.17, 15) is 25.9 Å². The minimum absolute atomic E-state index is 0.253. The Hall–Kier alpha value is -4.29. The van der Waals surface area contributed by atoms with Gasteiger partial charge in [0.15, 0.2) is 5.71 Å². The van der Waals surface area contributed by atoms with E-state index in [1.807, 2.05) is 30.3 Å². The van der Waals surface area contributed by atoms with E-state index in [2.05, 4.69) is 115 Å². The van der Waals surface area contributed by atoms with Crippen molar-refractivity contribution in [3.8, 4) is 0 Å². The van der Waals surface area contributed by atoms with E-state index in [1.165, 1.54) is 22.3 Å². The van der Waals surface area contributed by atoms with Gasteiger partial charge in [0.1, 0.15) is 6.54 Å². The Kier molecular flexibility index (Phi) is 12.1. The highest BCUT2D eigenvalue weighted by Gasteiger charge is 2.44. The zero-order valence-corrected chi connectivity index (χ0v) is 33.9. The fourth-order valence-corrected chi connectivity index (χ4v) is 9.44. The van der Waals surface area contributed by atoms with Gasteiger partial charge in [-0.1, -0.05) is 80.6 Å². The number of anilines is 2. The Morgan fingerprint density at radius 1 is 0.782 bits per heavy atom. The molecule has 3 aromatic rings. The van der Waals surface area contributed by atoms with Gasteiger partial charge >= 0.3 is 0 Å². The molecule has 0 radical (unpaired) electrons. The summed E-state index contributed by atoms with van der Waals surface area (Å²) in [5.41, 5.74) is 10.8. The molecule has 0 saturated heterocycles. The molecule has 11 heteroatoms. The molecule has 55 heavy (non-hydrogen) atoms. The number of nitrogens with zero attached hydrogens (tertiary/aromatic N) is 2. The third-order valence-corrected chi connectivity index (χ3v) is 12.7. The summed E-state index contributed by atoms with van der Waals surface area (Å²) in [6, 6.07) is 26.9. The van der Waals surface area contributed by atoms with Crippen LogP contribution in [0, 0.1) is 0 Å². The molecule has 3 aliphatic rings. The molecule has 0 fully saturated rings. The Labute approximate surface area is 327 Å². The summed E-state index contributed by atoms with van der Waals surface area (Å²) >= 11 is 0. The van der Waals surface area contributed by atoms with Crippen LogP contribution in [0.1, 0.15) is 83.8 Å². The molecule has 0 aromatic heterocycles. The molecule has 0 unspecified atom stereocenters. The van der Waals surface area contributed by atoms with E-state index in [0.29, 0.717) is 38.8 Å². The van der Waals surface area contributed by atoms with Crippen molar-refractivity contribution >= 4 is 43.0 Å². The van der Waals surface area contributed by atoms with Crippen molar-refractivity contribution in [1.29, 1.82) is 0 Å². The zero-order chi connectivity index (χ0) is 39.4. The largest absolute Gasteiger partial charge is 0.748 e. The summed E-state index contributed by atoms with van der Waals surface area (Å²) in [7, 11) is -8.28. The van der Waals surface area contributed by atoms with Gasteiger partial charge < -0.3 is 14.8 Å². The molecule has 292 valence electrons. The maximum Gasteiger partial charge on any atom is 0.264 e. The molecule has 2 N–H and O–H groups in total. The third-order valence-electron chi connectivity index (χ3n) is 11.1. The second kappa shape index (κ2) is 16.4. The number of para-hydroxylation sites is 3. The van der Waals surface area contributed by atoms with Crippen molar-refractivity contribution in [2.24, 2.45) is 0 Å². The molecular formula is C44H53N3O6S2. The first-order valence-electron chi connectivity index (χ1n) is 19.2. The predicted octanol–water partition coefficient (Wildman–Crippen LogP) is 8.77. The van der Waals surface area contributed by atoms with Crippen molar-refractivity contribution < 1.29 is 30.5 Å². The number of nitrogens with one attached hydrogen (secondary N) is 1. The van der Waals surface area contributed by atoms with Gasteiger partial charge in [-0.2, -0.15) is 13.0 Å². The Balaban J connectivity index is 1.39. The zero-order valence-electron chi connectivity index (χ0n) is 32.3. The predicted molar refractivity (Wildman–Crippen MR) is 222 cm³/mol. The van der Waals surface area contributed by atoms with Gasteiger partial charge in [-0.15, -0.1) is 0 Å². The van der Waals surface area contributed by atoms with Crippen LogP contribution in [-0.4, -0.2) is 60.8 Å². The SMILES string of the molecule is CC1(C)C(/C=C/C2=C(Nc3ccccc3)C(=C/C=C3/N(CCCCS(=O)(=O)[O-])c4ccccc4C3(C)C)/CCC2)=[N+](CCCCS(=O)(=O)O)c2ccccc21. The van der Waals surface area contributed by atoms with Crippen LogP contribution in [0.3, 0.4) is 0 Å². The fraction of sp³-hybridized carbons (Fsp3) is 0.386. The number of fused-ring (bicyclic) bond motifs is 2. The molecule has 2 aliphatic heterocycles. The van der Waals surface area contributed by atoms with Crippen LogP contribution in [0.15, 0.2) is 126 Å². The molecule has 0 bridgehead atoms. The topological polar surface area (TPSA) is 130 Å². The van der Waals surface area contributed by atoms with Gasteiger partial charge in [-0.3, -0.25) is 4.55 Å². The van der Waals surface area contributed by atoms with E-state index in [4.69, 9.17) is 0 Å². The summed E-state index contributed by atoms with van der Waals surface area (Å²) in [6.45, 7) is 10.1. The van der Waals surface area contributed by atoms with E-state index < -0.39 is 20.2 Å². The molecule has 2 heterocycles. The molecule has 0 atom stereocenters. The second-order valence-electron chi connectivity index (χ2n) is 15.8. The molecule has 0 amide bonds. The van der Waals surface area contributed by atoms with Crippen LogP contribution in [0.25, 0.3) is 0 Å². The maximum atomic E-state index is 11.4. The Morgan fingerprint density at radius 3 is 2.18 bits per heavy atom. The van der Waals surface area contributed by atoms with Gasteiger partial charge in [0.2, 0.25) is 5.69 Å². The van der Waals surface area contributed by atoms with Crippen molar-refractivity contribution in [1.82, 2.24) is 0 Å². The average molecular weight is 784 g/mol. The van der Waals surface area contributed by atoms with Crippen LogP contribution >= 0.6 is 0 Å². The standard InChI is InChI=1S/C44H53N3O6S2/c1-43(2)36-21-8-10-23-38(36)46(29-12-14-31-54(48,49)50)40(43)27-25-33-17-16-18-34(42(33)45-35-19-6-5-7-20-35)26-28-41-44(3,4)37-22-9-11-24-39(37)47(41)30-13-15-32-55(51,52)53/h5-11,19-28H,12-18,29-32H2,1-4H3,(H2,48,49,50,51,52,53)/b33-25+,40-27+. The number of hydrogen-bond donors (Lipinski definition) is 2. The Morgan fingerprint density at radius 2 is 1.45 bits per heavy atom. The quantitative estimate of drug-likeness (QED) is 0.0890. The number of rotatable bonds is 15. The normalized spacial score (nSPS) is 19.5. The van der Waals surface area contributed by atoms with Crippen LogP contribution in [0.2, 0.25) is 0 Å². The minimum Gasteiger partial charge on any atom is -0.748 e. The summed E-state index contributed by atoms with van der Waals surface area (Å²) in [4.78, 5) is 2.28. The maximum absolute atomic E-state index is 11.4. The van der Waals surface area contributed by atoms with Crippen molar-refractivity contribution in [2.75, 3.05) is 34.8 Å². The minimum atomic E-state index is -4.27. The molecule has 6 rings (SSSR count). The lowest BCUT2D eigenvalue weighted by Crippen LogP contribution is -2.28. The number of benzene rings is 3. The van der Waals surface area contributed by atoms with Crippen LogP contribution < -0.4 is 10.2 Å². The first-order chi connectivity index (χ1) is 26.1. The molecule has 1 aliphatic carbocycles. The first-order valence-corrected chi connectivity index (χ1v) is 22.4. The summed E-state index contributed by atoms with van der Waals surface area (Å²) in [6.07, 6.45) is 13.6. The average Bonchev–Trinajstić information content (AvgIpc) is 3.48. The van der Waals surface area contributed by atoms with Crippen LogP contribution in [-0.2, 0) is 31.1 Å².